The number of hydrogen-bond acceptors (Lipinski definition) is 2. The molecule has 0 aromatic carbocycles. The smallest absolute Gasteiger partial charge is 0.128 e. The van der Waals surface area contributed by atoms with Crippen molar-refractivity contribution < 1.29 is 0 Å². The lowest BCUT2D eigenvalue weighted by Crippen LogP contribution is -2.35. The van der Waals surface area contributed by atoms with Crippen LogP contribution >= 0.6 is 0 Å². The van der Waals surface area contributed by atoms with Gasteiger partial charge in [-0.05, 0) is 19.1 Å². The number of nitrogens with zero attached hydrogens (tertiary/aromatic N) is 2. The van der Waals surface area contributed by atoms with Gasteiger partial charge in [-0.2, -0.15) is 0 Å². The quantitative estimate of drug-likeness (QED) is 0.562. The van der Waals surface area contributed by atoms with Crippen molar-refractivity contribution in [3.05, 3.63) is 48.2 Å². The van der Waals surface area contributed by atoms with Gasteiger partial charge in [-0.1, -0.05) is 29.9 Å². The largest absolute Gasteiger partial charge is 0.324 e. The minimum absolute atomic E-state index is 0.307. The summed E-state index contributed by atoms with van der Waals surface area (Å²) in [5.41, 5.74) is 1.32. The van der Waals surface area contributed by atoms with Crippen molar-refractivity contribution in [3.63, 3.8) is 0 Å². The van der Waals surface area contributed by atoms with Crippen LogP contribution in [0.4, 0.5) is 0 Å². The molecule has 0 aromatic heterocycles. The van der Waals surface area contributed by atoms with Crippen LogP contribution in [0.5, 0.6) is 0 Å². The van der Waals surface area contributed by atoms with E-state index in [2.05, 4.69) is 53.4 Å². The molecule has 0 saturated heterocycles. The van der Waals surface area contributed by atoms with Gasteiger partial charge in [0.05, 0.1) is 12.1 Å². The van der Waals surface area contributed by atoms with Crippen molar-refractivity contribution >= 4 is 5.84 Å². The number of aliphatic imine (C=N–C) groups is 1. The van der Waals surface area contributed by atoms with Crippen molar-refractivity contribution in [2.24, 2.45) is 4.99 Å². The van der Waals surface area contributed by atoms with Crippen molar-refractivity contribution in [1.29, 1.82) is 0 Å². The molecule has 2 aliphatic heterocycles. The van der Waals surface area contributed by atoms with Crippen LogP contribution in [0.3, 0.4) is 0 Å². The standard InChI is InChI=1S/C12H12N2/c1-9-5-6-10-11(8-9)14-7-3-2-4-12(14)13-10/h2-8,10-11H,1H3. The first kappa shape index (κ1) is 7.80. The number of fused-ring (bicyclic) bond motifs is 3. The Morgan fingerprint density at radius 3 is 3.14 bits per heavy atom. The third-order valence-electron chi connectivity index (χ3n) is 2.81. The van der Waals surface area contributed by atoms with Gasteiger partial charge >= 0.3 is 0 Å². The Balaban J connectivity index is 2.02. The Morgan fingerprint density at radius 1 is 1.29 bits per heavy atom. The van der Waals surface area contributed by atoms with Gasteiger partial charge in [0.1, 0.15) is 5.84 Å². The first-order valence-corrected chi connectivity index (χ1v) is 4.92. The van der Waals surface area contributed by atoms with E-state index >= 15 is 0 Å². The summed E-state index contributed by atoms with van der Waals surface area (Å²) in [5, 5.41) is 0. The van der Waals surface area contributed by atoms with Gasteiger partial charge in [0, 0.05) is 6.20 Å². The molecule has 0 aromatic rings. The monoisotopic (exact) mass is 184 g/mol. The van der Waals surface area contributed by atoms with Gasteiger partial charge in [0.2, 0.25) is 0 Å². The molecule has 0 bridgehead atoms. The van der Waals surface area contributed by atoms with Crippen molar-refractivity contribution in [2.75, 3.05) is 0 Å². The summed E-state index contributed by atoms with van der Waals surface area (Å²) in [5.74, 6) is 1.08. The normalized spacial score (nSPS) is 32.5. The highest BCUT2D eigenvalue weighted by Gasteiger charge is 2.32. The molecule has 2 unspecified atom stereocenters. The van der Waals surface area contributed by atoms with Gasteiger partial charge in [-0.3, -0.25) is 4.99 Å². The van der Waals surface area contributed by atoms with E-state index < -0.39 is 0 Å². The molecule has 0 spiro atoms. The molecule has 0 saturated carbocycles. The molecule has 2 heterocycles. The maximum Gasteiger partial charge on any atom is 0.128 e. The maximum absolute atomic E-state index is 4.64. The van der Waals surface area contributed by atoms with E-state index in [9.17, 15) is 0 Å². The first-order chi connectivity index (χ1) is 6.84. The molecular formula is C12H12N2. The van der Waals surface area contributed by atoms with Gasteiger partial charge < -0.3 is 4.90 Å². The predicted molar refractivity (Wildman–Crippen MR) is 58.0 cm³/mol. The van der Waals surface area contributed by atoms with E-state index in [1.165, 1.54) is 5.57 Å². The molecule has 3 aliphatic rings. The summed E-state index contributed by atoms with van der Waals surface area (Å²) in [6, 6.07) is 0.706. The van der Waals surface area contributed by atoms with E-state index in [0.29, 0.717) is 12.1 Å². The average molecular weight is 184 g/mol. The fourth-order valence-electron chi connectivity index (χ4n) is 2.11. The second-order valence-corrected chi connectivity index (χ2v) is 3.85. The van der Waals surface area contributed by atoms with Gasteiger partial charge in [0.15, 0.2) is 0 Å². The molecule has 3 rings (SSSR count). The van der Waals surface area contributed by atoms with Crippen LogP contribution < -0.4 is 0 Å². The lowest BCUT2D eigenvalue weighted by molar-refractivity contribution is 0.474. The van der Waals surface area contributed by atoms with Crippen LogP contribution in [0.25, 0.3) is 0 Å². The molecule has 0 N–H and O–H groups in total. The van der Waals surface area contributed by atoms with E-state index in [4.69, 9.17) is 0 Å². The van der Waals surface area contributed by atoms with Crippen LogP contribution in [0, 0.1) is 0 Å². The Kier molecular flexibility index (Phi) is 1.51. The summed E-state index contributed by atoms with van der Waals surface area (Å²) in [7, 11) is 0. The van der Waals surface area contributed by atoms with Crippen molar-refractivity contribution in [3.8, 4) is 0 Å². The molecule has 14 heavy (non-hydrogen) atoms. The van der Waals surface area contributed by atoms with E-state index in [-0.39, 0.29) is 0 Å². The van der Waals surface area contributed by atoms with Crippen molar-refractivity contribution in [1.82, 2.24) is 4.90 Å². The minimum Gasteiger partial charge on any atom is -0.324 e. The zero-order valence-corrected chi connectivity index (χ0v) is 8.09. The third kappa shape index (κ3) is 1.00. The van der Waals surface area contributed by atoms with E-state index in [1.54, 1.807) is 0 Å². The Hall–Kier alpha value is -1.57. The second kappa shape index (κ2) is 2.71. The molecule has 70 valence electrons. The Morgan fingerprint density at radius 2 is 2.21 bits per heavy atom. The average Bonchev–Trinajstić information content (AvgIpc) is 2.56. The zero-order valence-electron chi connectivity index (χ0n) is 8.09. The number of amidine groups is 1. The van der Waals surface area contributed by atoms with Gasteiger partial charge in [-0.25, -0.2) is 0 Å². The SMILES string of the molecule is CC1=CC2C(C=C1)N=C1C=CC=CN12. The number of allylic oxidation sites excluding steroid dienone is 4. The van der Waals surface area contributed by atoms with E-state index in [0.717, 1.165) is 5.84 Å². The molecule has 0 amide bonds. The molecule has 2 nitrogen and oxygen atoms in total. The van der Waals surface area contributed by atoms with Crippen LogP contribution in [0.1, 0.15) is 6.92 Å². The van der Waals surface area contributed by atoms with Crippen LogP contribution in [-0.2, 0) is 0 Å². The Bertz CT molecular complexity index is 410. The van der Waals surface area contributed by atoms with Crippen LogP contribution in [0.2, 0.25) is 0 Å². The summed E-state index contributed by atoms with van der Waals surface area (Å²) in [6.45, 7) is 2.13. The van der Waals surface area contributed by atoms with Gasteiger partial charge in [-0.15, -0.1) is 0 Å². The molecule has 1 aliphatic carbocycles. The highest BCUT2D eigenvalue weighted by molar-refractivity contribution is 5.97. The van der Waals surface area contributed by atoms with Crippen molar-refractivity contribution in [2.45, 2.75) is 19.0 Å². The summed E-state index contributed by atoms with van der Waals surface area (Å²) in [6.07, 6.45) is 14.9. The second-order valence-electron chi connectivity index (χ2n) is 3.85. The maximum atomic E-state index is 4.64. The molecule has 0 fully saturated rings. The highest BCUT2D eigenvalue weighted by atomic mass is 15.3. The number of hydrogen-bond donors (Lipinski definition) is 0. The predicted octanol–water partition coefficient (Wildman–Crippen LogP) is 2.04. The van der Waals surface area contributed by atoms with Crippen LogP contribution in [-0.4, -0.2) is 22.8 Å². The summed E-state index contributed by atoms with van der Waals surface area (Å²) < 4.78 is 0. The third-order valence-corrected chi connectivity index (χ3v) is 2.81. The van der Waals surface area contributed by atoms with Gasteiger partial charge in [0.25, 0.3) is 0 Å². The first-order valence-electron chi connectivity index (χ1n) is 4.92. The summed E-state index contributed by atoms with van der Waals surface area (Å²) in [4.78, 5) is 6.87. The summed E-state index contributed by atoms with van der Waals surface area (Å²) >= 11 is 0. The lowest BCUT2D eigenvalue weighted by atomic mass is 9.99. The highest BCUT2D eigenvalue weighted by Crippen LogP contribution is 2.27. The number of rotatable bonds is 0. The Labute approximate surface area is 83.6 Å². The van der Waals surface area contributed by atoms with Crippen LogP contribution in [0.15, 0.2) is 53.2 Å². The molecule has 2 heteroatoms. The lowest BCUT2D eigenvalue weighted by Gasteiger charge is -2.26. The fraction of sp³-hybridized carbons (Fsp3) is 0.250. The molecular weight excluding hydrogens is 172 g/mol. The molecule has 2 atom stereocenters. The van der Waals surface area contributed by atoms with E-state index in [1.807, 2.05) is 6.08 Å². The topological polar surface area (TPSA) is 15.6 Å². The minimum atomic E-state index is 0.307. The fourth-order valence-corrected chi connectivity index (χ4v) is 2.11. The zero-order chi connectivity index (χ0) is 9.54. The molecule has 0 radical (unpaired) electrons.